The van der Waals surface area contributed by atoms with Crippen LogP contribution in [0.2, 0.25) is 0 Å². The zero-order valence-corrected chi connectivity index (χ0v) is 18.6. The van der Waals surface area contributed by atoms with Crippen LogP contribution in [-0.2, 0) is 16.6 Å². The molecule has 2 rings (SSSR count). The summed E-state index contributed by atoms with van der Waals surface area (Å²) in [7, 11) is 0.254. The summed E-state index contributed by atoms with van der Waals surface area (Å²) in [5.41, 5.74) is 1.86. The molecular formula is C22H31N3O3S. The third kappa shape index (κ3) is 6.96. The molecule has 0 aliphatic carbocycles. The fourth-order valence-electron chi connectivity index (χ4n) is 3.20. The molecule has 0 fully saturated rings. The molecule has 0 saturated heterocycles. The van der Waals surface area contributed by atoms with E-state index in [9.17, 15) is 13.2 Å². The van der Waals surface area contributed by atoms with Crippen molar-refractivity contribution in [3.8, 4) is 0 Å². The van der Waals surface area contributed by atoms with Gasteiger partial charge in [0.05, 0.1) is 4.90 Å². The summed E-state index contributed by atoms with van der Waals surface area (Å²) in [6.45, 7) is 7.46. The van der Waals surface area contributed by atoms with E-state index in [1.807, 2.05) is 44.4 Å². The lowest BCUT2D eigenvalue weighted by Crippen LogP contribution is -2.40. The first kappa shape index (κ1) is 23.1. The standard InChI is InChI=1S/C22H31N3O3S/c1-17-11-12-19(29(27,28)24-14-18-9-7-6-8-10-18)13-20(17)21(26)23-15-22(2,3)16-25(4)5/h6-13,24H,14-16H2,1-5H3,(H,23,26). The van der Waals surface area contributed by atoms with Crippen molar-refractivity contribution in [3.63, 3.8) is 0 Å². The maximum absolute atomic E-state index is 12.7. The van der Waals surface area contributed by atoms with Crippen molar-refractivity contribution in [1.82, 2.24) is 14.9 Å². The van der Waals surface area contributed by atoms with Gasteiger partial charge in [-0.05, 0) is 49.7 Å². The highest BCUT2D eigenvalue weighted by atomic mass is 32.2. The zero-order valence-electron chi connectivity index (χ0n) is 17.8. The minimum absolute atomic E-state index is 0.0803. The minimum Gasteiger partial charge on any atom is -0.351 e. The van der Waals surface area contributed by atoms with E-state index in [-0.39, 0.29) is 22.8 Å². The lowest BCUT2D eigenvalue weighted by molar-refractivity contribution is 0.0928. The number of benzene rings is 2. The van der Waals surface area contributed by atoms with Crippen molar-refractivity contribution in [2.75, 3.05) is 27.2 Å². The van der Waals surface area contributed by atoms with Crippen LogP contribution in [-0.4, -0.2) is 46.4 Å². The van der Waals surface area contributed by atoms with Crippen molar-refractivity contribution in [3.05, 3.63) is 65.2 Å². The first-order valence-corrected chi connectivity index (χ1v) is 11.1. The number of hydrogen-bond donors (Lipinski definition) is 2. The van der Waals surface area contributed by atoms with Crippen molar-refractivity contribution >= 4 is 15.9 Å². The van der Waals surface area contributed by atoms with Crippen LogP contribution in [0.1, 0.15) is 35.3 Å². The molecule has 2 aromatic rings. The Kier molecular flexibility index (Phi) is 7.57. The minimum atomic E-state index is -3.73. The lowest BCUT2D eigenvalue weighted by Gasteiger charge is -2.28. The number of rotatable bonds is 9. The van der Waals surface area contributed by atoms with Gasteiger partial charge in [-0.1, -0.05) is 50.2 Å². The summed E-state index contributed by atoms with van der Waals surface area (Å²) >= 11 is 0. The monoisotopic (exact) mass is 417 g/mol. The summed E-state index contributed by atoms with van der Waals surface area (Å²) in [5, 5.41) is 2.94. The lowest BCUT2D eigenvalue weighted by atomic mass is 9.92. The molecule has 0 bridgehead atoms. The van der Waals surface area contributed by atoms with Gasteiger partial charge in [-0.2, -0.15) is 0 Å². The van der Waals surface area contributed by atoms with Gasteiger partial charge in [-0.25, -0.2) is 13.1 Å². The maximum atomic E-state index is 12.7. The molecule has 1 amide bonds. The van der Waals surface area contributed by atoms with Gasteiger partial charge < -0.3 is 10.2 Å². The molecular weight excluding hydrogens is 386 g/mol. The van der Waals surface area contributed by atoms with E-state index in [1.54, 1.807) is 13.0 Å². The quantitative estimate of drug-likeness (QED) is 0.658. The predicted molar refractivity (Wildman–Crippen MR) is 116 cm³/mol. The molecule has 6 nitrogen and oxygen atoms in total. The predicted octanol–water partition coefficient (Wildman–Crippen LogP) is 2.79. The van der Waals surface area contributed by atoms with Crippen LogP contribution in [0.3, 0.4) is 0 Å². The SMILES string of the molecule is Cc1ccc(S(=O)(=O)NCc2ccccc2)cc1C(=O)NCC(C)(C)CN(C)C. The maximum Gasteiger partial charge on any atom is 0.251 e. The van der Waals surface area contributed by atoms with E-state index < -0.39 is 10.0 Å². The van der Waals surface area contributed by atoms with E-state index in [2.05, 4.69) is 28.8 Å². The number of carbonyl (C=O) groups excluding carboxylic acids is 1. The van der Waals surface area contributed by atoms with Crippen LogP contribution in [0.4, 0.5) is 0 Å². The summed E-state index contributed by atoms with van der Waals surface area (Å²) < 4.78 is 28.0. The van der Waals surface area contributed by atoms with Crippen LogP contribution < -0.4 is 10.0 Å². The van der Waals surface area contributed by atoms with Crippen molar-refractivity contribution in [2.24, 2.45) is 5.41 Å². The Bertz CT molecular complexity index is 939. The average Bonchev–Trinajstić information content (AvgIpc) is 2.65. The molecule has 0 heterocycles. The van der Waals surface area contributed by atoms with Crippen molar-refractivity contribution in [1.29, 1.82) is 0 Å². The average molecular weight is 418 g/mol. The Hall–Kier alpha value is -2.22. The van der Waals surface area contributed by atoms with Gasteiger partial charge in [0.25, 0.3) is 5.91 Å². The highest BCUT2D eigenvalue weighted by molar-refractivity contribution is 7.89. The van der Waals surface area contributed by atoms with E-state index in [0.29, 0.717) is 12.1 Å². The van der Waals surface area contributed by atoms with Crippen LogP contribution in [0.25, 0.3) is 0 Å². The third-order valence-corrected chi connectivity index (χ3v) is 5.94. The summed E-state index contributed by atoms with van der Waals surface area (Å²) in [6, 6.07) is 13.9. The van der Waals surface area contributed by atoms with Crippen LogP contribution in [0.15, 0.2) is 53.4 Å². The molecule has 29 heavy (non-hydrogen) atoms. The van der Waals surface area contributed by atoms with E-state index in [4.69, 9.17) is 0 Å². The molecule has 0 unspecified atom stereocenters. The highest BCUT2D eigenvalue weighted by Crippen LogP contribution is 2.18. The van der Waals surface area contributed by atoms with Gasteiger partial charge in [-0.3, -0.25) is 4.79 Å². The van der Waals surface area contributed by atoms with E-state index in [0.717, 1.165) is 17.7 Å². The number of carbonyl (C=O) groups is 1. The first-order chi connectivity index (χ1) is 13.5. The summed E-state index contributed by atoms with van der Waals surface area (Å²) in [5.74, 6) is -0.269. The van der Waals surface area contributed by atoms with Gasteiger partial charge in [-0.15, -0.1) is 0 Å². The second-order valence-corrected chi connectivity index (χ2v) is 10.1. The summed E-state index contributed by atoms with van der Waals surface area (Å²) in [4.78, 5) is 14.9. The zero-order chi connectivity index (χ0) is 21.7. The number of sulfonamides is 1. The first-order valence-electron chi connectivity index (χ1n) is 9.57. The molecule has 0 spiro atoms. The molecule has 0 radical (unpaired) electrons. The fourth-order valence-corrected chi connectivity index (χ4v) is 4.24. The Balaban J connectivity index is 2.12. The Labute approximate surface area is 174 Å². The molecule has 2 N–H and O–H groups in total. The molecule has 0 aliphatic heterocycles. The molecule has 0 aliphatic rings. The van der Waals surface area contributed by atoms with Crippen molar-refractivity contribution in [2.45, 2.75) is 32.2 Å². The number of nitrogens with zero attached hydrogens (tertiary/aromatic N) is 1. The van der Waals surface area contributed by atoms with Gasteiger partial charge in [0.15, 0.2) is 0 Å². The molecule has 158 valence electrons. The number of amides is 1. The van der Waals surface area contributed by atoms with E-state index >= 15 is 0 Å². The van der Waals surface area contributed by atoms with Gasteiger partial charge in [0.2, 0.25) is 10.0 Å². The van der Waals surface area contributed by atoms with E-state index in [1.165, 1.54) is 12.1 Å². The number of nitrogens with one attached hydrogen (secondary N) is 2. The Morgan fingerprint density at radius 1 is 1.07 bits per heavy atom. The molecule has 0 saturated carbocycles. The summed E-state index contributed by atoms with van der Waals surface area (Å²) in [6.07, 6.45) is 0. The van der Waals surface area contributed by atoms with Gasteiger partial charge >= 0.3 is 0 Å². The normalized spacial score (nSPS) is 12.2. The second-order valence-electron chi connectivity index (χ2n) is 8.37. The third-order valence-electron chi connectivity index (χ3n) is 4.54. The Morgan fingerprint density at radius 3 is 2.34 bits per heavy atom. The topological polar surface area (TPSA) is 78.5 Å². The van der Waals surface area contributed by atoms with Crippen LogP contribution in [0, 0.1) is 12.3 Å². The van der Waals surface area contributed by atoms with Crippen LogP contribution in [0.5, 0.6) is 0 Å². The Morgan fingerprint density at radius 2 is 1.72 bits per heavy atom. The molecule has 2 aromatic carbocycles. The fraction of sp³-hybridized carbons (Fsp3) is 0.409. The molecule has 7 heteroatoms. The second kappa shape index (κ2) is 9.52. The molecule has 0 aromatic heterocycles. The van der Waals surface area contributed by atoms with Gasteiger partial charge in [0.1, 0.15) is 0 Å². The van der Waals surface area contributed by atoms with Gasteiger partial charge in [0, 0.05) is 25.2 Å². The highest BCUT2D eigenvalue weighted by Gasteiger charge is 2.22. The van der Waals surface area contributed by atoms with Crippen LogP contribution >= 0.6 is 0 Å². The smallest absolute Gasteiger partial charge is 0.251 e. The number of aryl methyl sites for hydroxylation is 1. The number of hydrogen-bond acceptors (Lipinski definition) is 4. The molecule has 0 atom stereocenters. The van der Waals surface area contributed by atoms with Crippen molar-refractivity contribution < 1.29 is 13.2 Å². The largest absolute Gasteiger partial charge is 0.351 e.